The highest BCUT2D eigenvalue weighted by Gasteiger charge is 2.28. The molecule has 0 unspecified atom stereocenters. The van der Waals surface area contributed by atoms with E-state index in [1.807, 2.05) is 24.3 Å². The van der Waals surface area contributed by atoms with Crippen molar-refractivity contribution in [2.45, 2.75) is 19.5 Å². The Morgan fingerprint density at radius 1 is 1.22 bits per heavy atom. The summed E-state index contributed by atoms with van der Waals surface area (Å²) in [5, 5.41) is 0. The second kappa shape index (κ2) is 6.72. The number of nitrogens with zero attached hydrogens (tertiary/aromatic N) is 1. The quantitative estimate of drug-likeness (QED) is 0.853. The van der Waals surface area contributed by atoms with Gasteiger partial charge in [0.15, 0.2) is 0 Å². The fourth-order valence-electron chi connectivity index (χ4n) is 1.60. The van der Waals surface area contributed by atoms with E-state index in [9.17, 15) is 13.2 Å². The molecule has 1 rings (SSSR count). The molecule has 0 heterocycles. The summed E-state index contributed by atoms with van der Waals surface area (Å²) in [6.45, 7) is 0.806. The van der Waals surface area contributed by atoms with Crippen molar-refractivity contribution in [1.82, 2.24) is 4.90 Å². The molecule has 0 aliphatic heterocycles. The number of ether oxygens (including phenoxy) is 1. The van der Waals surface area contributed by atoms with Crippen LogP contribution in [0.25, 0.3) is 0 Å². The standard InChI is InChI=1S/C12H17F3N2O/c1-17(6-7-18-12(13,14)15)9-11-5-3-2-4-10(11)8-16/h2-5H,6-9,16H2,1H3. The van der Waals surface area contributed by atoms with Crippen molar-refractivity contribution in [3.63, 3.8) is 0 Å². The van der Waals surface area contributed by atoms with E-state index in [4.69, 9.17) is 5.73 Å². The number of benzene rings is 1. The molecule has 0 aromatic heterocycles. The van der Waals surface area contributed by atoms with Crippen molar-refractivity contribution in [3.8, 4) is 0 Å². The van der Waals surface area contributed by atoms with Gasteiger partial charge < -0.3 is 5.73 Å². The van der Waals surface area contributed by atoms with Gasteiger partial charge in [-0.3, -0.25) is 9.64 Å². The highest BCUT2D eigenvalue weighted by Crippen LogP contribution is 2.16. The Balaban J connectivity index is 2.42. The smallest absolute Gasteiger partial charge is 0.326 e. The van der Waals surface area contributed by atoms with Crippen LogP contribution in [-0.2, 0) is 17.8 Å². The molecule has 0 saturated carbocycles. The van der Waals surface area contributed by atoms with E-state index in [1.165, 1.54) is 0 Å². The molecule has 0 aliphatic carbocycles. The Kier molecular flexibility index (Phi) is 5.58. The molecule has 0 radical (unpaired) electrons. The zero-order valence-electron chi connectivity index (χ0n) is 10.2. The lowest BCUT2D eigenvalue weighted by molar-refractivity contribution is -0.324. The summed E-state index contributed by atoms with van der Waals surface area (Å²) < 4.78 is 39.1. The van der Waals surface area contributed by atoms with E-state index in [0.717, 1.165) is 11.1 Å². The van der Waals surface area contributed by atoms with Crippen LogP contribution in [0.5, 0.6) is 0 Å². The molecule has 18 heavy (non-hydrogen) atoms. The van der Waals surface area contributed by atoms with Crippen molar-refractivity contribution in [2.75, 3.05) is 20.2 Å². The second-order valence-electron chi connectivity index (χ2n) is 4.00. The zero-order valence-corrected chi connectivity index (χ0v) is 10.2. The molecule has 1 aromatic carbocycles. The molecular formula is C12H17F3N2O. The van der Waals surface area contributed by atoms with Gasteiger partial charge in [-0.1, -0.05) is 24.3 Å². The van der Waals surface area contributed by atoms with Gasteiger partial charge in [0.1, 0.15) is 0 Å². The first-order valence-electron chi connectivity index (χ1n) is 5.58. The monoisotopic (exact) mass is 262 g/mol. The van der Waals surface area contributed by atoms with Gasteiger partial charge in [0, 0.05) is 19.6 Å². The normalized spacial score (nSPS) is 12.1. The summed E-state index contributed by atoms with van der Waals surface area (Å²) in [5.74, 6) is 0. The van der Waals surface area contributed by atoms with Gasteiger partial charge in [0.2, 0.25) is 0 Å². The molecule has 6 heteroatoms. The largest absolute Gasteiger partial charge is 0.522 e. The van der Waals surface area contributed by atoms with Crippen LogP contribution in [0.15, 0.2) is 24.3 Å². The van der Waals surface area contributed by atoms with Gasteiger partial charge in [-0.05, 0) is 18.2 Å². The zero-order chi connectivity index (χ0) is 13.6. The van der Waals surface area contributed by atoms with Gasteiger partial charge in [0.05, 0.1) is 6.61 Å². The Bertz CT molecular complexity index is 369. The van der Waals surface area contributed by atoms with E-state index < -0.39 is 6.36 Å². The lowest BCUT2D eigenvalue weighted by Gasteiger charge is -2.18. The molecular weight excluding hydrogens is 245 g/mol. The Morgan fingerprint density at radius 3 is 2.39 bits per heavy atom. The maximum atomic E-state index is 11.8. The van der Waals surface area contributed by atoms with Gasteiger partial charge >= 0.3 is 6.36 Å². The predicted octanol–water partition coefficient (Wildman–Crippen LogP) is 2.11. The number of likely N-dealkylation sites (N-methyl/N-ethyl adjacent to an activating group) is 1. The van der Waals surface area contributed by atoms with Crippen molar-refractivity contribution in [3.05, 3.63) is 35.4 Å². The summed E-state index contributed by atoms with van der Waals surface area (Å²) in [4.78, 5) is 1.76. The highest BCUT2D eigenvalue weighted by molar-refractivity contribution is 5.26. The molecule has 0 saturated heterocycles. The van der Waals surface area contributed by atoms with Crippen LogP contribution < -0.4 is 5.73 Å². The molecule has 1 aromatic rings. The fraction of sp³-hybridized carbons (Fsp3) is 0.500. The lowest BCUT2D eigenvalue weighted by Crippen LogP contribution is -2.26. The van der Waals surface area contributed by atoms with Crippen LogP contribution in [0.4, 0.5) is 13.2 Å². The first-order chi connectivity index (χ1) is 8.42. The second-order valence-corrected chi connectivity index (χ2v) is 4.00. The van der Waals surface area contributed by atoms with Crippen molar-refractivity contribution in [1.29, 1.82) is 0 Å². The van der Waals surface area contributed by atoms with Gasteiger partial charge in [0.25, 0.3) is 0 Å². The third-order valence-corrected chi connectivity index (χ3v) is 2.52. The highest BCUT2D eigenvalue weighted by atomic mass is 19.4. The summed E-state index contributed by atoms with van der Waals surface area (Å²) in [5.41, 5.74) is 7.62. The average molecular weight is 262 g/mol. The Labute approximate surface area is 104 Å². The SMILES string of the molecule is CN(CCOC(F)(F)F)Cc1ccccc1CN. The first-order valence-corrected chi connectivity index (χ1v) is 5.58. The fourth-order valence-corrected chi connectivity index (χ4v) is 1.60. The van der Waals surface area contributed by atoms with Gasteiger partial charge in [-0.15, -0.1) is 13.2 Å². The van der Waals surface area contributed by atoms with Crippen LogP contribution in [-0.4, -0.2) is 31.5 Å². The maximum absolute atomic E-state index is 11.8. The van der Waals surface area contributed by atoms with Gasteiger partial charge in [-0.2, -0.15) is 0 Å². The Hall–Kier alpha value is -1.11. The molecule has 0 atom stereocenters. The van der Waals surface area contributed by atoms with Gasteiger partial charge in [-0.25, -0.2) is 0 Å². The molecule has 0 spiro atoms. The third kappa shape index (κ3) is 5.48. The predicted molar refractivity (Wildman–Crippen MR) is 62.7 cm³/mol. The van der Waals surface area contributed by atoms with Crippen LogP contribution in [0, 0.1) is 0 Å². The molecule has 3 nitrogen and oxygen atoms in total. The third-order valence-electron chi connectivity index (χ3n) is 2.52. The van der Waals surface area contributed by atoms with E-state index in [0.29, 0.717) is 13.1 Å². The van der Waals surface area contributed by atoms with Crippen molar-refractivity contribution < 1.29 is 17.9 Å². The number of hydrogen-bond donors (Lipinski definition) is 1. The minimum Gasteiger partial charge on any atom is -0.326 e. The molecule has 102 valence electrons. The van der Waals surface area contributed by atoms with E-state index in [2.05, 4.69) is 4.74 Å². The van der Waals surface area contributed by atoms with Crippen LogP contribution in [0.2, 0.25) is 0 Å². The summed E-state index contributed by atoms with van der Waals surface area (Å²) >= 11 is 0. The number of nitrogens with two attached hydrogens (primary N) is 1. The molecule has 0 aliphatic rings. The Morgan fingerprint density at radius 2 is 1.83 bits per heavy atom. The number of halogens is 3. The van der Waals surface area contributed by atoms with E-state index in [1.54, 1.807) is 11.9 Å². The number of rotatable bonds is 6. The molecule has 0 amide bonds. The lowest BCUT2D eigenvalue weighted by atomic mass is 10.1. The van der Waals surface area contributed by atoms with Crippen molar-refractivity contribution in [2.24, 2.45) is 5.73 Å². The van der Waals surface area contributed by atoms with E-state index >= 15 is 0 Å². The van der Waals surface area contributed by atoms with Crippen molar-refractivity contribution >= 4 is 0 Å². The minimum atomic E-state index is -4.56. The first kappa shape index (κ1) is 14.9. The van der Waals surface area contributed by atoms with E-state index in [-0.39, 0.29) is 13.2 Å². The summed E-state index contributed by atoms with van der Waals surface area (Å²) in [6.07, 6.45) is -4.56. The van der Waals surface area contributed by atoms with Crippen LogP contribution in [0.1, 0.15) is 11.1 Å². The minimum absolute atomic E-state index is 0.207. The maximum Gasteiger partial charge on any atom is 0.522 e. The summed E-state index contributed by atoms with van der Waals surface area (Å²) in [6, 6.07) is 7.60. The number of hydrogen-bond acceptors (Lipinski definition) is 3. The molecule has 0 fully saturated rings. The van der Waals surface area contributed by atoms with Crippen LogP contribution in [0.3, 0.4) is 0 Å². The van der Waals surface area contributed by atoms with Crippen LogP contribution >= 0.6 is 0 Å². The summed E-state index contributed by atoms with van der Waals surface area (Å²) in [7, 11) is 1.74. The molecule has 0 bridgehead atoms. The average Bonchev–Trinajstić information content (AvgIpc) is 2.28. The molecule has 2 N–H and O–H groups in total. The number of alkyl halides is 3. The topological polar surface area (TPSA) is 38.5 Å².